The summed E-state index contributed by atoms with van der Waals surface area (Å²) in [5.41, 5.74) is 8.73. The van der Waals surface area contributed by atoms with Crippen molar-refractivity contribution in [3.63, 3.8) is 0 Å². The quantitative estimate of drug-likeness (QED) is 0.852. The van der Waals surface area contributed by atoms with Crippen LogP contribution in [-0.2, 0) is 0 Å². The van der Waals surface area contributed by atoms with Gasteiger partial charge in [-0.2, -0.15) is 0 Å². The van der Waals surface area contributed by atoms with E-state index >= 15 is 0 Å². The second kappa shape index (κ2) is 6.74. The van der Waals surface area contributed by atoms with Gasteiger partial charge in [-0.05, 0) is 18.7 Å². The highest BCUT2D eigenvalue weighted by atomic mass is 32.2. The summed E-state index contributed by atoms with van der Waals surface area (Å²) in [6.07, 6.45) is 2.01. The van der Waals surface area contributed by atoms with Crippen LogP contribution in [0.1, 0.15) is 24.1 Å². The lowest BCUT2D eigenvalue weighted by Gasteiger charge is -2.18. The monoisotopic (exact) mass is 311 g/mol. The van der Waals surface area contributed by atoms with E-state index in [2.05, 4.69) is 48.3 Å². The molecule has 0 spiro atoms. The van der Waals surface area contributed by atoms with Gasteiger partial charge in [0.25, 0.3) is 0 Å². The Bertz CT molecular complexity index is 524. The molecular formula is C13H17N3S3. The Kier molecular flexibility index (Phi) is 5.27. The van der Waals surface area contributed by atoms with Crippen molar-refractivity contribution < 1.29 is 0 Å². The zero-order valence-electron chi connectivity index (χ0n) is 11.2. The van der Waals surface area contributed by atoms with Crippen LogP contribution in [0.15, 0.2) is 32.9 Å². The molecule has 2 rings (SSSR count). The van der Waals surface area contributed by atoms with Gasteiger partial charge < -0.3 is 5.73 Å². The highest BCUT2D eigenvalue weighted by Gasteiger charge is 2.18. The summed E-state index contributed by atoms with van der Waals surface area (Å²) in [4.78, 5) is 0. The number of rotatable bonds is 5. The van der Waals surface area contributed by atoms with E-state index in [0.717, 1.165) is 8.68 Å². The normalized spacial score (nSPS) is 14.3. The van der Waals surface area contributed by atoms with Crippen LogP contribution in [0, 0.1) is 6.92 Å². The summed E-state index contributed by atoms with van der Waals surface area (Å²) in [6.45, 7) is 4.22. The predicted octanol–water partition coefficient (Wildman–Crippen LogP) is 3.75. The van der Waals surface area contributed by atoms with E-state index in [1.54, 1.807) is 34.9 Å². The molecule has 0 saturated carbocycles. The molecule has 2 aromatic rings. The maximum absolute atomic E-state index is 6.31. The van der Waals surface area contributed by atoms with E-state index in [1.807, 2.05) is 6.26 Å². The lowest BCUT2D eigenvalue weighted by atomic mass is 10.0. The molecule has 3 nitrogen and oxygen atoms in total. The van der Waals surface area contributed by atoms with E-state index in [1.165, 1.54) is 11.1 Å². The summed E-state index contributed by atoms with van der Waals surface area (Å²) in [7, 11) is 0. The summed E-state index contributed by atoms with van der Waals surface area (Å²) in [6, 6.07) is 8.41. The molecular weight excluding hydrogens is 294 g/mol. The Morgan fingerprint density at radius 1 is 1.16 bits per heavy atom. The summed E-state index contributed by atoms with van der Waals surface area (Å²) in [5, 5.41) is 8.54. The Morgan fingerprint density at radius 3 is 2.37 bits per heavy atom. The van der Waals surface area contributed by atoms with Gasteiger partial charge in [0.1, 0.15) is 0 Å². The van der Waals surface area contributed by atoms with Gasteiger partial charge in [0.15, 0.2) is 8.68 Å². The number of benzene rings is 1. The van der Waals surface area contributed by atoms with Crippen molar-refractivity contribution in [2.75, 3.05) is 6.26 Å². The number of nitrogens with two attached hydrogens (primary N) is 1. The minimum Gasteiger partial charge on any atom is -0.323 e. The molecule has 2 N–H and O–H groups in total. The molecule has 0 fully saturated rings. The average Bonchev–Trinajstić information content (AvgIpc) is 2.86. The van der Waals surface area contributed by atoms with E-state index < -0.39 is 0 Å². The van der Waals surface area contributed by atoms with Gasteiger partial charge in [-0.15, -0.1) is 10.2 Å². The zero-order chi connectivity index (χ0) is 13.8. The number of thioether (sulfide) groups is 2. The molecule has 2 unspecified atom stereocenters. The maximum Gasteiger partial charge on any atom is 0.175 e. The van der Waals surface area contributed by atoms with Crippen LogP contribution in [0.2, 0.25) is 0 Å². The molecule has 102 valence electrons. The second-order valence-electron chi connectivity index (χ2n) is 4.30. The first-order chi connectivity index (χ1) is 9.10. The van der Waals surface area contributed by atoms with Gasteiger partial charge in [0.05, 0.1) is 0 Å². The molecule has 1 aromatic heterocycles. The van der Waals surface area contributed by atoms with Gasteiger partial charge in [-0.3, -0.25) is 0 Å². The molecule has 6 heteroatoms. The van der Waals surface area contributed by atoms with Crippen LogP contribution in [0.5, 0.6) is 0 Å². The van der Waals surface area contributed by atoms with Crippen LogP contribution in [0.25, 0.3) is 0 Å². The number of hydrogen-bond donors (Lipinski definition) is 1. The largest absolute Gasteiger partial charge is 0.323 e. The van der Waals surface area contributed by atoms with Crippen LogP contribution in [-0.4, -0.2) is 21.7 Å². The minimum absolute atomic E-state index is 0.00669. The molecule has 0 saturated heterocycles. The number of aromatic nitrogens is 2. The fourth-order valence-electron chi connectivity index (χ4n) is 1.62. The molecule has 0 aliphatic rings. The SMILES string of the molecule is CSc1nnc(SC(C)C(N)c2ccc(C)cc2)s1. The zero-order valence-corrected chi connectivity index (χ0v) is 13.6. The highest BCUT2D eigenvalue weighted by Crippen LogP contribution is 2.34. The Labute approximate surface area is 126 Å². The number of aryl methyl sites for hydroxylation is 1. The van der Waals surface area contributed by atoms with Crippen molar-refractivity contribution in [3.05, 3.63) is 35.4 Å². The number of nitrogens with zero attached hydrogens (tertiary/aromatic N) is 2. The van der Waals surface area contributed by atoms with Crippen molar-refractivity contribution in [1.29, 1.82) is 0 Å². The van der Waals surface area contributed by atoms with E-state index in [0.29, 0.717) is 0 Å². The third-order valence-electron chi connectivity index (χ3n) is 2.82. The van der Waals surface area contributed by atoms with Gasteiger partial charge in [-0.25, -0.2) is 0 Å². The van der Waals surface area contributed by atoms with Crippen LogP contribution >= 0.6 is 34.9 Å². The first-order valence-electron chi connectivity index (χ1n) is 5.96. The Hall–Kier alpha value is -0.560. The predicted molar refractivity (Wildman–Crippen MR) is 85.1 cm³/mol. The molecule has 0 bridgehead atoms. The molecule has 0 amide bonds. The lowest BCUT2D eigenvalue weighted by molar-refractivity contribution is 0.714. The fourth-order valence-corrected chi connectivity index (χ4v) is 4.38. The van der Waals surface area contributed by atoms with Gasteiger partial charge >= 0.3 is 0 Å². The Morgan fingerprint density at radius 2 is 1.79 bits per heavy atom. The first-order valence-corrected chi connectivity index (χ1v) is 8.88. The molecule has 1 aromatic carbocycles. The lowest BCUT2D eigenvalue weighted by Crippen LogP contribution is -2.20. The van der Waals surface area contributed by atoms with Crippen molar-refractivity contribution in [3.8, 4) is 0 Å². The Balaban J connectivity index is 2.02. The topological polar surface area (TPSA) is 51.8 Å². The van der Waals surface area contributed by atoms with Gasteiger partial charge in [0.2, 0.25) is 0 Å². The van der Waals surface area contributed by atoms with Gasteiger partial charge in [0, 0.05) is 11.3 Å². The first kappa shape index (κ1) is 14.8. The van der Waals surface area contributed by atoms with Gasteiger partial charge in [-0.1, -0.05) is 71.6 Å². The third kappa shape index (κ3) is 3.95. The van der Waals surface area contributed by atoms with E-state index in [-0.39, 0.29) is 11.3 Å². The summed E-state index contributed by atoms with van der Waals surface area (Å²) in [5.74, 6) is 0. The van der Waals surface area contributed by atoms with E-state index in [4.69, 9.17) is 5.73 Å². The van der Waals surface area contributed by atoms with Crippen molar-refractivity contribution in [2.45, 2.75) is 33.8 Å². The summed E-state index contributed by atoms with van der Waals surface area (Å²) >= 11 is 4.94. The average molecular weight is 312 g/mol. The number of hydrogen-bond acceptors (Lipinski definition) is 6. The standard InChI is InChI=1S/C13H17N3S3/c1-8-4-6-10(7-5-8)11(14)9(2)18-13-16-15-12(17-3)19-13/h4-7,9,11H,14H2,1-3H3. The van der Waals surface area contributed by atoms with Crippen LogP contribution in [0.4, 0.5) is 0 Å². The van der Waals surface area contributed by atoms with Crippen molar-refractivity contribution in [2.24, 2.45) is 5.73 Å². The molecule has 0 aliphatic heterocycles. The molecule has 1 heterocycles. The molecule has 0 radical (unpaired) electrons. The highest BCUT2D eigenvalue weighted by molar-refractivity contribution is 8.03. The third-order valence-corrected chi connectivity index (χ3v) is 6.00. The maximum atomic E-state index is 6.31. The molecule has 0 aliphatic carbocycles. The second-order valence-corrected chi connectivity index (χ2v) is 7.95. The fraction of sp³-hybridized carbons (Fsp3) is 0.385. The minimum atomic E-state index is 0.00669. The molecule has 19 heavy (non-hydrogen) atoms. The van der Waals surface area contributed by atoms with Crippen LogP contribution < -0.4 is 5.73 Å². The van der Waals surface area contributed by atoms with Crippen molar-refractivity contribution >= 4 is 34.9 Å². The summed E-state index contributed by atoms with van der Waals surface area (Å²) < 4.78 is 1.98. The smallest absolute Gasteiger partial charge is 0.175 e. The van der Waals surface area contributed by atoms with E-state index in [9.17, 15) is 0 Å². The van der Waals surface area contributed by atoms with Crippen LogP contribution in [0.3, 0.4) is 0 Å². The molecule has 2 atom stereocenters. The van der Waals surface area contributed by atoms with Crippen molar-refractivity contribution in [1.82, 2.24) is 10.2 Å².